The standard InChI is InChI=1S/C26H18BrN3O2S/c1-15-9-21-22(10-16(15)2)30-25(31)24(33-26(30)29-21)12-19-11-20(27)7-8-23(19)32-14-18-6-4-3-5-17(18)13-28/h3-12H,14H2,1-2H3/b24-12-. The van der Waals surface area contributed by atoms with Crippen molar-refractivity contribution in [2.75, 3.05) is 0 Å². The molecule has 0 bridgehead atoms. The zero-order valence-electron chi connectivity index (χ0n) is 17.9. The zero-order valence-corrected chi connectivity index (χ0v) is 20.3. The largest absolute Gasteiger partial charge is 0.488 e. The predicted molar refractivity (Wildman–Crippen MR) is 135 cm³/mol. The number of imidazole rings is 1. The van der Waals surface area contributed by atoms with Crippen LogP contribution >= 0.6 is 27.3 Å². The fraction of sp³-hybridized carbons (Fsp3) is 0.115. The maximum atomic E-state index is 13.3. The Bertz CT molecular complexity index is 1700. The summed E-state index contributed by atoms with van der Waals surface area (Å²) in [5.41, 5.74) is 6.01. The molecular weight excluding hydrogens is 498 g/mol. The van der Waals surface area contributed by atoms with E-state index in [1.165, 1.54) is 11.3 Å². The van der Waals surface area contributed by atoms with Crippen LogP contribution in [-0.4, -0.2) is 9.38 Å². The van der Waals surface area contributed by atoms with Crippen LogP contribution in [0.5, 0.6) is 5.75 Å². The summed E-state index contributed by atoms with van der Waals surface area (Å²) >= 11 is 4.87. The van der Waals surface area contributed by atoms with Crippen LogP contribution in [0.4, 0.5) is 0 Å². The monoisotopic (exact) mass is 515 g/mol. The predicted octanol–water partition coefficient (Wildman–Crippen LogP) is 5.29. The minimum atomic E-state index is -0.0958. The van der Waals surface area contributed by atoms with Crippen molar-refractivity contribution in [1.29, 1.82) is 5.26 Å². The molecule has 0 fully saturated rings. The first kappa shape index (κ1) is 21.4. The van der Waals surface area contributed by atoms with Crippen molar-refractivity contribution in [3.8, 4) is 11.8 Å². The summed E-state index contributed by atoms with van der Waals surface area (Å²) in [5.74, 6) is 0.632. The number of halogens is 1. The number of thiazole rings is 1. The van der Waals surface area contributed by atoms with Crippen LogP contribution in [0, 0.1) is 25.2 Å². The summed E-state index contributed by atoms with van der Waals surface area (Å²) in [5, 5.41) is 9.33. The molecule has 0 amide bonds. The molecular formula is C26H18BrN3O2S. The van der Waals surface area contributed by atoms with E-state index >= 15 is 0 Å². The molecule has 0 saturated heterocycles. The van der Waals surface area contributed by atoms with E-state index in [2.05, 4.69) is 27.0 Å². The first-order valence-electron chi connectivity index (χ1n) is 10.3. The van der Waals surface area contributed by atoms with Crippen LogP contribution in [0.2, 0.25) is 0 Å². The summed E-state index contributed by atoms with van der Waals surface area (Å²) in [6, 6.07) is 19.2. The van der Waals surface area contributed by atoms with Gasteiger partial charge in [-0.3, -0.25) is 4.79 Å². The molecule has 0 atom stereocenters. The van der Waals surface area contributed by atoms with Crippen molar-refractivity contribution >= 4 is 49.3 Å². The molecule has 33 heavy (non-hydrogen) atoms. The lowest BCUT2D eigenvalue weighted by Gasteiger charge is -2.10. The van der Waals surface area contributed by atoms with Gasteiger partial charge in [-0.2, -0.15) is 5.26 Å². The molecule has 2 heterocycles. The maximum absolute atomic E-state index is 13.3. The Balaban J connectivity index is 1.59. The molecule has 0 spiro atoms. The van der Waals surface area contributed by atoms with Gasteiger partial charge in [-0.05, 0) is 67.4 Å². The molecule has 5 rings (SSSR count). The second kappa shape index (κ2) is 8.47. The third-order valence-corrected chi connectivity index (χ3v) is 7.10. The summed E-state index contributed by atoms with van der Waals surface area (Å²) in [4.78, 5) is 18.6. The van der Waals surface area contributed by atoms with Gasteiger partial charge >= 0.3 is 0 Å². The van der Waals surface area contributed by atoms with Gasteiger partial charge in [0.15, 0.2) is 4.96 Å². The van der Waals surface area contributed by atoms with Gasteiger partial charge in [-0.15, -0.1) is 0 Å². The molecule has 2 aromatic heterocycles. The number of aryl methyl sites for hydroxylation is 2. The summed E-state index contributed by atoms with van der Waals surface area (Å²) in [6.07, 6.45) is 1.84. The van der Waals surface area contributed by atoms with Crippen molar-refractivity contribution in [2.24, 2.45) is 0 Å². The number of rotatable bonds is 4. The number of benzene rings is 3. The van der Waals surface area contributed by atoms with E-state index in [1.54, 1.807) is 10.5 Å². The molecule has 3 aromatic carbocycles. The Hall–Kier alpha value is -3.47. The van der Waals surface area contributed by atoms with Gasteiger partial charge in [0, 0.05) is 15.6 Å². The van der Waals surface area contributed by atoms with Crippen molar-refractivity contribution in [2.45, 2.75) is 20.5 Å². The number of ether oxygens (including phenoxy) is 1. The lowest BCUT2D eigenvalue weighted by atomic mass is 10.1. The lowest BCUT2D eigenvalue weighted by molar-refractivity contribution is 0.305. The molecule has 5 nitrogen and oxygen atoms in total. The van der Waals surface area contributed by atoms with Crippen LogP contribution in [0.25, 0.3) is 22.1 Å². The van der Waals surface area contributed by atoms with Gasteiger partial charge in [-0.1, -0.05) is 45.5 Å². The van der Waals surface area contributed by atoms with E-state index < -0.39 is 0 Å². The second-order valence-electron chi connectivity index (χ2n) is 7.81. The van der Waals surface area contributed by atoms with Crippen LogP contribution in [-0.2, 0) is 6.61 Å². The van der Waals surface area contributed by atoms with Gasteiger partial charge in [0.25, 0.3) is 5.56 Å². The summed E-state index contributed by atoms with van der Waals surface area (Å²) < 4.78 is 9.21. The van der Waals surface area contributed by atoms with E-state index in [9.17, 15) is 10.1 Å². The lowest BCUT2D eigenvalue weighted by Crippen LogP contribution is -2.22. The third kappa shape index (κ3) is 3.92. The average Bonchev–Trinajstić information content (AvgIpc) is 3.29. The van der Waals surface area contributed by atoms with Gasteiger partial charge in [-0.25, -0.2) is 9.38 Å². The Morgan fingerprint density at radius 1 is 1.15 bits per heavy atom. The molecule has 0 radical (unpaired) electrons. The highest BCUT2D eigenvalue weighted by Gasteiger charge is 2.13. The van der Waals surface area contributed by atoms with Crippen LogP contribution in [0.3, 0.4) is 0 Å². The quantitative estimate of drug-likeness (QED) is 0.326. The topological polar surface area (TPSA) is 67.4 Å². The molecule has 0 unspecified atom stereocenters. The normalized spacial score (nSPS) is 11.9. The molecule has 0 N–H and O–H groups in total. The number of hydrogen-bond donors (Lipinski definition) is 0. The van der Waals surface area contributed by atoms with Crippen LogP contribution < -0.4 is 14.8 Å². The molecule has 7 heteroatoms. The number of fused-ring (bicyclic) bond motifs is 3. The first-order chi connectivity index (χ1) is 15.9. The highest BCUT2D eigenvalue weighted by atomic mass is 79.9. The molecule has 0 aliphatic heterocycles. The average molecular weight is 516 g/mol. The molecule has 0 aliphatic carbocycles. The van der Waals surface area contributed by atoms with Gasteiger partial charge in [0.1, 0.15) is 12.4 Å². The SMILES string of the molecule is Cc1cc2nc3s/c(=C\c4cc(Br)ccc4OCc4ccccc4C#N)c(=O)n3c2cc1C. The van der Waals surface area contributed by atoms with Crippen LogP contribution in [0.1, 0.15) is 27.8 Å². The minimum absolute atomic E-state index is 0.0958. The highest BCUT2D eigenvalue weighted by molar-refractivity contribution is 9.10. The molecule has 0 aliphatic rings. The molecule has 5 aromatic rings. The zero-order chi connectivity index (χ0) is 23.1. The van der Waals surface area contributed by atoms with E-state index in [4.69, 9.17) is 4.74 Å². The first-order valence-corrected chi connectivity index (χ1v) is 11.9. The Morgan fingerprint density at radius 2 is 1.94 bits per heavy atom. The maximum Gasteiger partial charge on any atom is 0.274 e. The highest BCUT2D eigenvalue weighted by Crippen LogP contribution is 2.26. The van der Waals surface area contributed by atoms with E-state index in [0.29, 0.717) is 20.8 Å². The second-order valence-corrected chi connectivity index (χ2v) is 9.74. The van der Waals surface area contributed by atoms with E-state index in [-0.39, 0.29) is 12.2 Å². The number of nitriles is 1. The van der Waals surface area contributed by atoms with Crippen molar-refractivity contribution in [3.05, 3.63) is 102 Å². The molecule has 162 valence electrons. The molecule has 0 saturated carbocycles. The third-order valence-electron chi connectivity index (χ3n) is 5.63. The van der Waals surface area contributed by atoms with Crippen molar-refractivity contribution in [1.82, 2.24) is 9.38 Å². The summed E-state index contributed by atoms with van der Waals surface area (Å²) in [6.45, 7) is 4.34. The fourth-order valence-electron chi connectivity index (χ4n) is 3.73. The van der Waals surface area contributed by atoms with Crippen molar-refractivity contribution in [3.63, 3.8) is 0 Å². The smallest absolute Gasteiger partial charge is 0.274 e. The Morgan fingerprint density at radius 3 is 2.76 bits per heavy atom. The van der Waals surface area contributed by atoms with Gasteiger partial charge in [0.2, 0.25) is 0 Å². The number of hydrogen-bond acceptors (Lipinski definition) is 5. The van der Waals surface area contributed by atoms with Crippen LogP contribution in [0.15, 0.2) is 63.9 Å². The number of nitrogens with zero attached hydrogens (tertiary/aromatic N) is 3. The van der Waals surface area contributed by atoms with E-state index in [0.717, 1.165) is 37.8 Å². The Kier molecular flexibility index (Phi) is 5.49. The number of aromatic nitrogens is 2. The fourth-order valence-corrected chi connectivity index (χ4v) is 5.09. The minimum Gasteiger partial charge on any atom is -0.488 e. The van der Waals surface area contributed by atoms with Crippen molar-refractivity contribution < 1.29 is 4.74 Å². The van der Waals surface area contributed by atoms with E-state index in [1.807, 2.05) is 68.5 Å². The Labute approximate surface area is 202 Å². The van der Waals surface area contributed by atoms with Gasteiger partial charge in [0.05, 0.1) is 27.2 Å². The summed E-state index contributed by atoms with van der Waals surface area (Å²) in [7, 11) is 0. The van der Waals surface area contributed by atoms with Gasteiger partial charge < -0.3 is 4.74 Å².